The molecule has 3 aromatic rings. The molecule has 2 heterocycles. The molecule has 0 aliphatic rings. The number of hydrogen-bond donors (Lipinski definition) is 2. The number of aromatic nitrogens is 2. The summed E-state index contributed by atoms with van der Waals surface area (Å²) < 4.78 is 11.1. The van der Waals surface area contributed by atoms with E-state index in [0.29, 0.717) is 29.0 Å². The summed E-state index contributed by atoms with van der Waals surface area (Å²) in [6.07, 6.45) is 8.22. The second-order valence-corrected chi connectivity index (χ2v) is 6.11. The van der Waals surface area contributed by atoms with E-state index in [9.17, 15) is 4.79 Å². The summed E-state index contributed by atoms with van der Waals surface area (Å²) in [5.74, 6) is 0.472. The lowest BCUT2D eigenvalue weighted by molar-refractivity contribution is 0.440. The predicted molar refractivity (Wildman–Crippen MR) is 108 cm³/mol. The second-order valence-electron chi connectivity index (χ2n) is 6.11. The number of allylic oxidation sites excluding steroid dienone is 3. The highest BCUT2D eigenvalue weighted by atomic mass is 16.5. The Kier molecular flexibility index (Phi) is 5.55. The van der Waals surface area contributed by atoms with Crippen LogP contribution in [0.1, 0.15) is 11.1 Å². The number of nitrogens with zero attached hydrogens (tertiary/aromatic N) is 2. The molecule has 0 atom stereocenters. The molecule has 142 valence electrons. The summed E-state index contributed by atoms with van der Waals surface area (Å²) >= 11 is 0. The Balaban J connectivity index is 2.00. The van der Waals surface area contributed by atoms with Gasteiger partial charge in [-0.3, -0.25) is 0 Å². The van der Waals surface area contributed by atoms with E-state index in [-0.39, 0.29) is 6.01 Å². The fourth-order valence-corrected chi connectivity index (χ4v) is 2.81. The highest BCUT2D eigenvalue weighted by molar-refractivity contribution is 5.82. The fraction of sp³-hybridized carbons (Fsp3) is 0.0952. The van der Waals surface area contributed by atoms with Gasteiger partial charge in [-0.05, 0) is 54.6 Å². The average molecular weight is 376 g/mol. The monoisotopic (exact) mass is 376 g/mol. The summed E-state index contributed by atoms with van der Waals surface area (Å²) in [5, 5.41) is 0.804. The first kappa shape index (κ1) is 18.9. The molecule has 7 nitrogen and oxygen atoms in total. The Bertz CT molecular complexity index is 1130. The zero-order valence-electron chi connectivity index (χ0n) is 15.4. The minimum atomic E-state index is -0.433. The minimum Gasteiger partial charge on any atom is -0.424 e. The van der Waals surface area contributed by atoms with Gasteiger partial charge in [-0.25, -0.2) is 14.8 Å². The first-order valence-electron chi connectivity index (χ1n) is 8.52. The summed E-state index contributed by atoms with van der Waals surface area (Å²) in [5.41, 5.74) is 13.6. The maximum atomic E-state index is 12.6. The van der Waals surface area contributed by atoms with Crippen LogP contribution >= 0.6 is 0 Å². The molecule has 0 amide bonds. The summed E-state index contributed by atoms with van der Waals surface area (Å²) in [4.78, 5) is 20.6. The van der Waals surface area contributed by atoms with Crippen LogP contribution in [0.2, 0.25) is 0 Å². The Morgan fingerprint density at radius 1 is 1.32 bits per heavy atom. The molecule has 0 aliphatic heterocycles. The topological polar surface area (TPSA) is 117 Å². The van der Waals surface area contributed by atoms with E-state index in [2.05, 4.69) is 16.5 Å². The molecule has 7 heteroatoms. The van der Waals surface area contributed by atoms with Crippen LogP contribution in [0.15, 0.2) is 82.1 Å². The molecule has 3 rings (SSSR count). The van der Waals surface area contributed by atoms with Crippen molar-refractivity contribution in [2.75, 3.05) is 0 Å². The van der Waals surface area contributed by atoms with Crippen molar-refractivity contribution in [3.8, 4) is 11.8 Å². The lowest BCUT2D eigenvalue weighted by Gasteiger charge is -2.10. The summed E-state index contributed by atoms with van der Waals surface area (Å²) in [6.45, 7) is 5.53. The zero-order valence-corrected chi connectivity index (χ0v) is 15.4. The van der Waals surface area contributed by atoms with Gasteiger partial charge in [0.2, 0.25) is 0 Å². The summed E-state index contributed by atoms with van der Waals surface area (Å²) in [6, 6.07) is 7.15. The third-order valence-corrected chi connectivity index (χ3v) is 4.07. The van der Waals surface area contributed by atoms with Crippen LogP contribution in [0.25, 0.3) is 11.0 Å². The molecule has 4 N–H and O–H groups in total. The molecule has 0 spiro atoms. The van der Waals surface area contributed by atoms with Crippen molar-refractivity contribution in [3.05, 3.63) is 94.4 Å². The smallest absolute Gasteiger partial charge is 0.340 e. The standard InChI is InChI=1S/C21H20N4O3/c1-13(23)10-15(6-7-22)11-18-14(2)17-5-4-16(12-19(17)28-20(18)26)27-21-24-8-3-9-25-21/h3-10,12H,1,11,22-23H2,2H3/b7-6-,15-10+. The highest BCUT2D eigenvalue weighted by Gasteiger charge is 2.13. The lowest BCUT2D eigenvalue weighted by atomic mass is 9.99. The third-order valence-electron chi connectivity index (χ3n) is 4.07. The molecular weight excluding hydrogens is 356 g/mol. The molecule has 0 saturated heterocycles. The first-order valence-corrected chi connectivity index (χ1v) is 8.52. The van der Waals surface area contributed by atoms with Crippen LogP contribution in [0.4, 0.5) is 0 Å². The molecule has 2 aromatic heterocycles. The number of ether oxygens (including phenoxy) is 1. The zero-order chi connectivity index (χ0) is 20.1. The van der Waals surface area contributed by atoms with E-state index >= 15 is 0 Å². The first-order chi connectivity index (χ1) is 13.5. The van der Waals surface area contributed by atoms with Gasteiger partial charge < -0.3 is 20.6 Å². The number of fused-ring (bicyclic) bond motifs is 1. The summed E-state index contributed by atoms with van der Waals surface area (Å²) in [7, 11) is 0. The number of hydrogen-bond acceptors (Lipinski definition) is 7. The molecule has 28 heavy (non-hydrogen) atoms. The van der Waals surface area contributed by atoms with E-state index in [4.69, 9.17) is 20.6 Å². The van der Waals surface area contributed by atoms with Crippen molar-refractivity contribution in [3.63, 3.8) is 0 Å². The van der Waals surface area contributed by atoms with E-state index < -0.39 is 5.63 Å². The average Bonchev–Trinajstić information content (AvgIpc) is 2.65. The van der Waals surface area contributed by atoms with Gasteiger partial charge in [-0.2, -0.15) is 0 Å². The normalized spacial score (nSPS) is 11.8. The van der Waals surface area contributed by atoms with Gasteiger partial charge >= 0.3 is 11.6 Å². The SMILES string of the molecule is C=C(N)/C=C(\C=C/N)Cc1c(C)c2ccc(Oc3ncccn3)cc2oc1=O. The van der Waals surface area contributed by atoms with Gasteiger partial charge in [-0.15, -0.1) is 0 Å². The predicted octanol–water partition coefficient (Wildman–Crippen LogP) is 3.10. The Morgan fingerprint density at radius 3 is 2.75 bits per heavy atom. The van der Waals surface area contributed by atoms with Crippen LogP contribution < -0.4 is 21.8 Å². The van der Waals surface area contributed by atoms with Crippen molar-refractivity contribution in [1.82, 2.24) is 9.97 Å². The number of rotatable bonds is 6. The van der Waals surface area contributed by atoms with E-state index in [1.807, 2.05) is 13.0 Å². The van der Waals surface area contributed by atoms with Gasteiger partial charge in [0.25, 0.3) is 0 Å². The van der Waals surface area contributed by atoms with Crippen LogP contribution in [-0.2, 0) is 6.42 Å². The molecule has 1 aromatic carbocycles. The Morgan fingerprint density at radius 2 is 2.07 bits per heavy atom. The maximum absolute atomic E-state index is 12.6. The fourth-order valence-electron chi connectivity index (χ4n) is 2.81. The number of nitrogens with two attached hydrogens (primary N) is 2. The van der Waals surface area contributed by atoms with Crippen molar-refractivity contribution in [2.24, 2.45) is 11.5 Å². The molecule has 0 aliphatic carbocycles. The van der Waals surface area contributed by atoms with Crippen LogP contribution in [0, 0.1) is 6.92 Å². The highest BCUT2D eigenvalue weighted by Crippen LogP contribution is 2.27. The molecular formula is C21H20N4O3. The van der Waals surface area contributed by atoms with Gasteiger partial charge in [0.05, 0.1) is 0 Å². The molecule has 0 radical (unpaired) electrons. The maximum Gasteiger partial charge on any atom is 0.340 e. The lowest BCUT2D eigenvalue weighted by Crippen LogP contribution is -2.11. The number of aryl methyl sites for hydroxylation is 1. The number of benzene rings is 1. The van der Waals surface area contributed by atoms with Crippen LogP contribution in [0.3, 0.4) is 0 Å². The van der Waals surface area contributed by atoms with Crippen molar-refractivity contribution in [1.29, 1.82) is 0 Å². The van der Waals surface area contributed by atoms with E-state index in [0.717, 1.165) is 16.5 Å². The Hall–Kier alpha value is -3.87. The quantitative estimate of drug-likeness (QED) is 0.501. The van der Waals surface area contributed by atoms with Crippen molar-refractivity contribution in [2.45, 2.75) is 13.3 Å². The van der Waals surface area contributed by atoms with Crippen molar-refractivity contribution >= 4 is 11.0 Å². The van der Waals surface area contributed by atoms with Gasteiger partial charge in [0.1, 0.15) is 11.3 Å². The largest absolute Gasteiger partial charge is 0.424 e. The van der Waals surface area contributed by atoms with Gasteiger partial charge in [-0.1, -0.05) is 6.58 Å². The van der Waals surface area contributed by atoms with Crippen molar-refractivity contribution < 1.29 is 9.15 Å². The Labute approximate surface area is 161 Å². The molecule has 0 unspecified atom stereocenters. The second kappa shape index (κ2) is 8.22. The van der Waals surface area contributed by atoms with Crippen LogP contribution in [0.5, 0.6) is 11.8 Å². The van der Waals surface area contributed by atoms with E-state index in [1.165, 1.54) is 6.20 Å². The van der Waals surface area contributed by atoms with Gasteiger partial charge in [0.15, 0.2) is 0 Å². The van der Waals surface area contributed by atoms with Crippen LogP contribution in [-0.4, -0.2) is 9.97 Å². The third kappa shape index (κ3) is 4.27. The molecule has 0 saturated carbocycles. The molecule has 0 bridgehead atoms. The minimum absolute atomic E-state index is 0.211. The van der Waals surface area contributed by atoms with E-state index in [1.54, 1.807) is 42.7 Å². The van der Waals surface area contributed by atoms with Gasteiger partial charge in [0, 0.05) is 41.5 Å². The molecule has 0 fully saturated rings.